The minimum absolute atomic E-state index is 0.421. The van der Waals surface area contributed by atoms with Crippen molar-refractivity contribution in [1.82, 2.24) is 0 Å². The molecule has 4 aromatic carbocycles. The van der Waals surface area contributed by atoms with Crippen LogP contribution in [0.4, 0.5) is 5.69 Å². The van der Waals surface area contributed by atoms with Gasteiger partial charge >= 0.3 is 5.97 Å². The molecule has 3 nitrogen and oxygen atoms in total. The summed E-state index contributed by atoms with van der Waals surface area (Å²) in [6.45, 7) is 0. The van der Waals surface area contributed by atoms with Crippen LogP contribution in [0.1, 0.15) is 11.1 Å². The summed E-state index contributed by atoms with van der Waals surface area (Å²) in [5.41, 5.74) is 2.77. The molecule has 0 aromatic heterocycles. The number of hydrogen-bond acceptors (Lipinski definition) is 3. The van der Waals surface area contributed by atoms with E-state index in [1.54, 1.807) is 24.4 Å². The average Bonchev–Trinajstić information content (AvgIpc) is 2.78. The van der Waals surface area contributed by atoms with Gasteiger partial charge in [-0.1, -0.05) is 64.5 Å². The molecule has 0 saturated heterocycles. The zero-order valence-electron chi connectivity index (χ0n) is 16.0. The number of aliphatic imine (C=N–C) groups is 1. The first-order chi connectivity index (χ1) is 14.7. The molecule has 4 heteroatoms. The molecule has 0 saturated carbocycles. The van der Waals surface area contributed by atoms with Crippen molar-refractivity contribution in [3.63, 3.8) is 0 Å². The Balaban J connectivity index is 1.40. The predicted octanol–water partition coefficient (Wildman–Crippen LogP) is 6.97. The van der Waals surface area contributed by atoms with Crippen molar-refractivity contribution >= 4 is 50.6 Å². The van der Waals surface area contributed by atoms with E-state index < -0.39 is 5.97 Å². The number of halogens is 1. The summed E-state index contributed by atoms with van der Waals surface area (Å²) in [7, 11) is 0. The molecular weight excluding hydrogens is 438 g/mol. The van der Waals surface area contributed by atoms with Gasteiger partial charge in [0.25, 0.3) is 0 Å². The standard InChI is InChI=1S/C26H18BrNO2/c27-22-13-8-19(9-14-22)12-17-26(29)30-23-15-10-20(11-16-23)18-28-25-7-3-5-21-4-1-2-6-24(21)25/h1-18H/b17-12-,28-18?. The van der Waals surface area contributed by atoms with Gasteiger partial charge in [-0.3, -0.25) is 4.99 Å². The quantitative estimate of drug-likeness (QED) is 0.141. The number of carbonyl (C=O) groups excluding carboxylic acids is 1. The monoisotopic (exact) mass is 455 g/mol. The van der Waals surface area contributed by atoms with Gasteiger partial charge in [-0.2, -0.15) is 0 Å². The highest BCUT2D eigenvalue weighted by Gasteiger charge is 2.01. The Morgan fingerprint density at radius 3 is 2.30 bits per heavy atom. The summed E-state index contributed by atoms with van der Waals surface area (Å²) in [5, 5.41) is 2.27. The normalized spacial score (nSPS) is 11.4. The summed E-state index contributed by atoms with van der Waals surface area (Å²) in [4.78, 5) is 16.6. The van der Waals surface area contributed by atoms with Crippen molar-refractivity contribution in [3.8, 4) is 5.75 Å². The number of fused-ring (bicyclic) bond motifs is 1. The van der Waals surface area contributed by atoms with Crippen molar-refractivity contribution in [2.45, 2.75) is 0 Å². The largest absolute Gasteiger partial charge is 0.423 e. The summed E-state index contributed by atoms with van der Waals surface area (Å²) in [6.07, 6.45) is 4.94. The third-order valence-corrected chi connectivity index (χ3v) is 5.03. The molecule has 0 fully saturated rings. The van der Waals surface area contributed by atoms with E-state index in [1.807, 2.05) is 60.7 Å². The molecule has 4 rings (SSSR count). The van der Waals surface area contributed by atoms with Crippen molar-refractivity contribution < 1.29 is 9.53 Å². The second kappa shape index (κ2) is 9.33. The molecule has 0 bridgehead atoms. The number of nitrogens with zero attached hydrogens (tertiary/aromatic N) is 1. The van der Waals surface area contributed by atoms with Gasteiger partial charge in [-0.05, 0) is 65.1 Å². The lowest BCUT2D eigenvalue weighted by Gasteiger charge is -2.03. The van der Waals surface area contributed by atoms with Crippen LogP contribution in [-0.4, -0.2) is 12.2 Å². The minimum atomic E-state index is -0.421. The van der Waals surface area contributed by atoms with Crippen LogP contribution in [0.25, 0.3) is 16.8 Å². The SMILES string of the molecule is O=C(/C=C\c1ccc(Br)cc1)Oc1ccc(C=Nc2cccc3ccccc23)cc1. The van der Waals surface area contributed by atoms with Crippen molar-refractivity contribution in [3.05, 3.63) is 113 Å². The number of benzene rings is 4. The van der Waals surface area contributed by atoms with E-state index >= 15 is 0 Å². The minimum Gasteiger partial charge on any atom is -0.423 e. The number of rotatable bonds is 5. The maximum atomic E-state index is 12.0. The van der Waals surface area contributed by atoms with Crippen LogP contribution in [0.2, 0.25) is 0 Å². The Labute approximate surface area is 183 Å². The van der Waals surface area contributed by atoms with Crippen LogP contribution in [-0.2, 0) is 4.79 Å². The second-order valence-corrected chi connectivity index (χ2v) is 7.55. The lowest BCUT2D eigenvalue weighted by molar-refractivity contribution is -0.128. The molecule has 0 aliphatic heterocycles. The summed E-state index contributed by atoms with van der Waals surface area (Å²) >= 11 is 3.39. The zero-order chi connectivity index (χ0) is 20.8. The van der Waals surface area contributed by atoms with Gasteiger partial charge in [0.05, 0.1) is 5.69 Å². The van der Waals surface area contributed by atoms with Crippen molar-refractivity contribution in [1.29, 1.82) is 0 Å². The summed E-state index contributed by atoms with van der Waals surface area (Å²) in [5.74, 6) is 0.0675. The fraction of sp³-hybridized carbons (Fsp3) is 0. The van der Waals surface area contributed by atoms with Crippen LogP contribution >= 0.6 is 15.9 Å². The van der Waals surface area contributed by atoms with E-state index in [0.717, 1.165) is 32.1 Å². The first-order valence-corrected chi connectivity index (χ1v) is 10.2. The molecular formula is C26H18BrNO2. The molecule has 30 heavy (non-hydrogen) atoms. The molecule has 0 spiro atoms. The predicted molar refractivity (Wildman–Crippen MR) is 126 cm³/mol. The first kappa shape index (κ1) is 19.8. The Hall–Kier alpha value is -3.50. The van der Waals surface area contributed by atoms with Gasteiger partial charge in [0, 0.05) is 22.1 Å². The van der Waals surface area contributed by atoms with Gasteiger partial charge < -0.3 is 4.74 Å². The summed E-state index contributed by atoms with van der Waals surface area (Å²) in [6, 6.07) is 29.2. The van der Waals surface area contributed by atoms with E-state index in [-0.39, 0.29) is 0 Å². The molecule has 0 amide bonds. The van der Waals surface area contributed by atoms with Crippen LogP contribution in [0.15, 0.2) is 107 Å². The molecule has 0 atom stereocenters. The van der Waals surface area contributed by atoms with Crippen molar-refractivity contribution in [2.75, 3.05) is 0 Å². The molecule has 0 aliphatic rings. The molecule has 0 heterocycles. The topological polar surface area (TPSA) is 38.7 Å². The Kier molecular flexibility index (Phi) is 6.16. The Morgan fingerprint density at radius 1 is 0.800 bits per heavy atom. The van der Waals surface area contributed by atoms with E-state index in [0.29, 0.717) is 5.75 Å². The van der Waals surface area contributed by atoms with Crippen molar-refractivity contribution in [2.24, 2.45) is 4.99 Å². The highest BCUT2D eigenvalue weighted by atomic mass is 79.9. The van der Waals surface area contributed by atoms with E-state index in [9.17, 15) is 4.79 Å². The summed E-state index contributed by atoms with van der Waals surface area (Å²) < 4.78 is 6.35. The fourth-order valence-electron chi connectivity index (χ4n) is 2.98. The van der Waals surface area contributed by atoms with Gasteiger partial charge in [-0.15, -0.1) is 0 Å². The van der Waals surface area contributed by atoms with Gasteiger partial charge in [0.15, 0.2) is 0 Å². The maximum Gasteiger partial charge on any atom is 0.336 e. The third-order valence-electron chi connectivity index (χ3n) is 4.50. The van der Waals surface area contributed by atoms with Gasteiger partial charge in [0.1, 0.15) is 5.75 Å². The first-order valence-electron chi connectivity index (χ1n) is 9.45. The Bertz CT molecular complexity index is 1220. The average molecular weight is 456 g/mol. The number of hydrogen-bond donors (Lipinski definition) is 0. The molecule has 0 aliphatic carbocycles. The Morgan fingerprint density at radius 2 is 1.50 bits per heavy atom. The number of esters is 1. The zero-order valence-corrected chi connectivity index (χ0v) is 17.6. The number of carbonyl (C=O) groups is 1. The highest BCUT2D eigenvalue weighted by Crippen LogP contribution is 2.25. The molecule has 0 radical (unpaired) electrons. The molecule has 146 valence electrons. The molecule has 0 N–H and O–H groups in total. The maximum absolute atomic E-state index is 12.0. The van der Waals surface area contributed by atoms with Crippen LogP contribution in [0.5, 0.6) is 5.75 Å². The van der Waals surface area contributed by atoms with Crippen LogP contribution in [0.3, 0.4) is 0 Å². The van der Waals surface area contributed by atoms with Crippen LogP contribution in [0, 0.1) is 0 Å². The second-order valence-electron chi connectivity index (χ2n) is 6.63. The number of ether oxygens (including phenoxy) is 1. The highest BCUT2D eigenvalue weighted by molar-refractivity contribution is 9.10. The third kappa shape index (κ3) is 5.10. The smallest absolute Gasteiger partial charge is 0.336 e. The fourth-order valence-corrected chi connectivity index (χ4v) is 3.24. The van der Waals surface area contributed by atoms with E-state index in [4.69, 9.17) is 4.74 Å². The van der Waals surface area contributed by atoms with Gasteiger partial charge in [0.2, 0.25) is 0 Å². The lowest BCUT2D eigenvalue weighted by atomic mass is 10.1. The van der Waals surface area contributed by atoms with E-state index in [1.165, 1.54) is 6.08 Å². The van der Waals surface area contributed by atoms with Crippen LogP contribution < -0.4 is 4.74 Å². The van der Waals surface area contributed by atoms with E-state index in [2.05, 4.69) is 39.1 Å². The molecule has 4 aromatic rings. The molecule has 0 unspecified atom stereocenters. The van der Waals surface area contributed by atoms with Gasteiger partial charge in [-0.25, -0.2) is 4.79 Å². The lowest BCUT2D eigenvalue weighted by Crippen LogP contribution is -2.03.